The summed E-state index contributed by atoms with van der Waals surface area (Å²) in [6, 6.07) is 12.7. The van der Waals surface area contributed by atoms with E-state index in [-0.39, 0.29) is 18.7 Å². The van der Waals surface area contributed by atoms with Crippen molar-refractivity contribution in [2.24, 2.45) is 0 Å². The van der Waals surface area contributed by atoms with Gasteiger partial charge < -0.3 is 19.5 Å². The van der Waals surface area contributed by atoms with Crippen LogP contribution in [0.15, 0.2) is 53.6 Å². The van der Waals surface area contributed by atoms with Gasteiger partial charge in [0.05, 0.1) is 36.1 Å². The highest BCUT2D eigenvalue weighted by molar-refractivity contribution is 7.90. The number of aromatic nitrogens is 1. The summed E-state index contributed by atoms with van der Waals surface area (Å²) in [7, 11) is -3.27. The molecule has 2 aromatic carbocycles. The molecule has 1 aromatic heterocycles. The number of hydrogen-bond acceptors (Lipinski definition) is 9. The molecule has 1 atom stereocenters. The zero-order valence-electron chi connectivity index (χ0n) is 21.0. The normalized spacial score (nSPS) is 19.2. The number of morpholine rings is 1. The topological polar surface area (TPSA) is 107 Å². The van der Waals surface area contributed by atoms with Crippen LogP contribution in [-0.2, 0) is 31.3 Å². The second-order valence-electron chi connectivity index (χ2n) is 9.88. The highest BCUT2D eigenvalue weighted by atomic mass is 32.2. The first kappa shape index (κ1) is 25.3. The highest BCUT2D eigenvalue weighted by Crippen LogP contribution is 2.50. The lowest BCUT2D eigenvalue weighted by Gasteiger charge is -2.34. The Morgan fingerprint density at radius 2 is 1.84 bits per heavy atom. The quantitative estimate of drug-likeness (QED) is 0.452. The van der Waals surface area contributed by atoms with Crippen molar-refractivity contribution in [1.29, 1.82) is 0 Å². The fourth-order valence-corrected chi connectivity index (χ4v) is 6.77. The first-order chi connectivity index (χ1) is 18.3. The lowest BCUT2D eigenvalue weighted by molar-refractivity contribution is -0.123. The molecule has 0 spiro atoms. The van der Waals surface area contributed by atoms with Crippen molar-refractivity contribution in [3.63, 3.8) is 0 Å². The molecule has 0 radical (unpaired) electrons. The van der Waals surface area contributed by atoms with E-state index in [1.807, 2.05) is 36.5 Å². The van der Waals surface area contributed by atoms with E-state index >= 15 is 0 Å². The number of fused-ring (bicyclic) bond motifs is 1. The molecule has 1 N–H and O–H groups in total. The maximum atomic E-state index is 13.2. The fraction of sp³-hybridized carbons (Fsp3) is 0.407. The minimum Gasteiger partial charge on any atom is -0.454 e. The third-order valence-electron chi connectivity index (χ3n) is 7.39. The van der Waals surface area contributed by atoms with Crippen LogP contribution in [0.2, 0.25) is 0 Å². The van der Waals surface area contributed by atoms with Gasteiger partial charge in [-0.15, -0.1) is 11.3 Å². The van der Waals surface area contributed by atoms with Crippen LogP contribution >= 0.6 is 11.3 Å². The Kier molecular flexibility index (Phi) is 6.63. The number of carbonyl (C=O) groups is 1. The molecule has 0 bridgehead atoms. The number of thiazole rings is 1. The summed E-state index contributed by atoms with van der Waals surface area (Å²) >= 11 is 1.56. The maximum absolute atomic E-state index is 13.2. The number of carbonyl (C=O) groups excluding carboxylic acids is 1. The molecule has 3 heterocycles. The van der Waals surface area contributed by atoms with Crippen LogP contribution in [0.25, 0.3) is 0 Å². The SMILES string of the molecule is CS(=O)(=O)c1ccc(C(c2cnc(CNC(=O)C3(c4ccc5c(c4)OCO5)CC3)s2)N2CCOCC2)cc1. The Balaban J connectivity index is 1.18. The molecule has 1 unspecified atom stereocenters. The molecule has 3 aromatic rings. The number of rotatable bonds is 8. The van der Waals surface area contributed by atoms with E-state index < -0.39 is 15.3 Å². The number of amides is 1. The molecule has 1 amide bonds. The molecule has 11 heteroatoms. The predicted octanol–water partition coefficient (Wildman–Crippen LogP) is 3.04. The van der Waals surface area contributed by atoms with Gasteiger partial charge in [0, 0.05) is 30.4 Å². The largest absolute Gasteiger partial charge is 0.454 e. The van der Waals surface area contributed by atoms with Crippen LogP contribution in [0.3, 0.4) is 0 Å². The summed E-state index contributed by atoms with van der Waals surface area (Å²) in [5.74, 6) is 1.39. The van der Waals surface area contributed by atoms with Crippen molar-refractivity contribution in [3.05, 3.63) is 69.7 Å². The Hall–Kier alpha value is -2.99. The third kappa shape index (κ3) is 4.91. The molecule has 1 saturated heterocycles. The van der Waals surface area contributed by atoms with Crippen LogP contribution in [0, 0.1) is 0 Å². The van der Waals surface area contributed by atoms with Crippen molar-refractivity contribution >= 4 is 27.1 Å². The first-order valence-electron chi connectivity index (χ1n) is 12.6. The molecule has 3 aliphatic rings. The summed E-state index contributed by atoms with van der Waals surface area (Å²) in [5, 5.41) is 3.92. The highest BCUT2D eigenvalue weighted by Gasteiger charge is 2.51. The molecule has 9 nitrogen and oxygen atoms in total. The first-order valence-corrected chi connectivity index (χ1v) is 15.3. The zero-order valence-corrected chi connectivity index (χ0v) is 22.6. The Bertz CT molecular complexity index is 1440. The molecule has 6 rings (SSSR count). The molecule has 200 valence electrons. The van der Waals surface area contributed by atoms with Crippen LogP contribution in [-0.4, -0.2) is 63.6 Å². The smallest absolute Gasteiger partial charge is 0.231 e. The van der Waals surface area contributed by atoms with Gasteiger partial charge in [-0.1, -0.05) is 18.2 Å². The van der Waals surface area contributed by atoms with Gasteiger partial charge >= 0.3 is 0 Å². The van der Waals surface area contributed by atoms with E-state index in [2.05, 4.69) is 15.2 Å². The molecule has 1 aliphatic carbocycles. The monoisotopic (exact) mass is 555 g/mol. The number of sulfone groups is 1. The number of hydrogen-bond donors (Lipinski definition) is 1. The van der Waals surface area contributed by atoms with Crippen molar-refractivity contribution < 1.29 is 27.4 Å². The maximum Gasteiger partial charge on any atom is 0.231 e. The van der Waals surface area contributed by atoms with Gasteiger partial charge in [0.25, 0.3) is 0 Å². The molecule has 38 heavy (non-hydrogen) atoms. The zero-order chi connectivity index (χ0) is 26.3. The van der Waals surface area contributed by atoms with E-state index in [1.165, 1.54) is 6.26 Å². The third-order valence-corrected chi connectivity index (χ3v) is 9.56. The average molecular weight is 556 g/mol. The van der Waals surface area contributed by atoms with Crippen molar-refractivity contribution in [2.45, 2.75) is 35.7 Å². The van der Waals surface area contributed by atoms with Crippen LogP contribution < -0.4 is 14.8 Å². The number of ether oxygens (including phenoxy) is 3. The second kappa shape index (κ2) is 9.96. The molecule has 1 saturated carbocycles. The minimum absolute atomic E-state index is 0.00536. The van der Waals surface area contributed by atoms with Gasteiger partial charge in [-0.25, -0.2) is 13.4 Å². The van der Waals surface area contributed by atoms with Gasteiger partial charge in [0.15, 0.2) is 21.3 Å². The van der Waals surface area contributed by atoms with Crippen molar-refractivity contribution in [2.75, 3.05) is 39.4 Å². The Labute approximate surface area is 225 Å². The van der Waals surface area contributed by atoms with E-state index in [0.29, 0.717) is 36.2 Å². The summed E-state index contributed by atoms with van der Waals surface area (Å²) in [5.41, 5.74) is 1.42. The standard InChI is InChI=1S/C27H29N3O6S2/c1-38(32,33)20-5-2-18(3-6-20)25(30-10-12-34-13-11-30)23-15-28-24(37-23)16-29-26(31)27(8-9-27)19-4-7-21-22(14-19)36-17-35-21/h2-7,14-15,25H,8-13,16-17H2,1H3,(H,29,31). The number of nitrogens with one attached hydrogen (secondary N) is 1. The van der Waals surface area contributed by atoms with Gasteiger partial charge in [0.1, 0.15) is 5.01 Å². The van der Waals surface area contributed by atoms with Gasteiger partial charge in [0.2, 0.25) is 12.7 Å². The molecular formula is C27H29N3O6S2. The van der Waals surface area contributed by atoms with E-state index in [9.17, 15) is 13.2 Å². The summed E-state index contributed by atoms with van der Waals surface area (Å²) in [4.78, 5) is 21.5. The minimum atomic E-state index is -3.27. The molecule has 2 aliphatic heterocycles. The second-order valence-corrected chi connectivity index (χ2v) is 13.0. The van der Waals surface area contributed by atoms with E-state index in [1.54, 1.807) is 23.5 Å². The number of nitrogens with zero attached hydrogens (tertiary/aromatic N) is 2. The van der Waals surface area contributed by atoms with Crippen molar-refractivity contribution in [3.8, 4) is 11.5 Å². The summed E-state index contributed by atoms with van der Waals surface area (Å²) in [6.07, 6.45) is 4.67. The van der Waals surface area contributed by atoms with E-state index in [4.69, 9.17) is 14.2 Å². The summed E-state index contributed by atoms with van der Waals surface area (Å²) in [6.45, 7) is 3.36. The lowest BCUT2D eigenvalue weighted by atomic mass is 9.94. The lowest BCUT2D eigenvalue weighted by Crippen LogP contribution is -2.39. The molecule has 2 fully saturated rings. The van der Waals surface area contributed by atoms with Crippen LogP contribution in [0.1, 0.15) is 39.9 Å². The van der Waals surface area contributed by atoms with Crippen LogP contribution in [0.5, 0.6) is 11.5 Å². The van der Waals surface area contributed by atoms with Crippen molar-refractivity contribution in [1.82, 2.24) is 15.2 Å². The molecular weight excluding hydrogens is 526 g/mol. The van der Waals surface area contributed by atoms with Gasteiger partial charge in [-0.05, 0) is 48.2 Å². The average Bonchev–Trinajstić information content (AvgIpc) is 3.37. The van der Waals surface area contributed by atoms with Crippen LogP contribution in [0.4, 0.5) is 0 Å². The Morgan fingerprint density at radius 1 is 1.11 bits per heavy atom. The fourth-order valence-electron chi connectivity index (χ4n) is 5.11. The number of benzene rings is 2. The van der Waals surface area contributed by atoms with Gasteiger partial charge in [-0.3, -0.25) is 9.69 Å². The van der Waals surface area contributed by atoms with Gasteiger partial charge in [-0.2, -0.15) is 0 Å². The Morgan fingerprint density at radius 3 is 2.55 bits per heavy atom. The summed E-state index contributed by atoms with van der Waals surface area (Å²) < 4.78 is 40.4. The van der Waals surface area contributed by atoms with E-state index in [0.717, 1.165) is 46.9 Å². The predicted molar refractivity (Wildman–Crippen MR) is 141 cm³/mol.